The van der Waals surface area contributed by atoms with E-state index in [0.717, 1.165) is 49.5 Å². The molecule has 0 atom stereocenters. The lowest BCUT2D eigenvalue weighted by Crippen LogP contribution is -2.39. The van der Waals surface area contributed by atoms with Crippen LogP contribution >= 0.6 is 0 Å². The highest BCUT2D eigenvalue weighted by molar-refractivity contribution is 6.18. The van der Waals surface area contributed by atoms with Gasteiger partial charge < -0.3 is 15.9 Å². The van der Waals surface area contributed by atoms with Crippen molar-refractivity contribution < 1.29 is 24.6 Å². The van der Waals surface area contributed by atoms with Gasteiger partial charge in [0, 0.05) is 12.5 Å². The maximum Gasteiger partial charge on any atom is 0.243 e. The molecule has 0 unspecified atom stereocenters. The number of phenols is 2. The van der Waals surface area contributed by atoms with E-state index in [4.69, 9.17) is 5.73 Å². The predicted molar refractivity (Wildman–Crippen MR) is 136 cm³/mol. The molecular formula is C27H42N2O5. The molecule has 0 radical (unpaired) electrons. The molecule has 0 aliphatic carbocycles. The Bertz CT molecular complexity index is 791. The molecule has 0 aromatic heterocycles. The minimum absolute atomic E-state index is 0.0966. The van der Waals surface area contributed by atoms with Crippen LogP contribution in [0.2, 0.25) is 0 Å². The number of amides is 3. The lowest BCUT2D eigenvalue weighted by molar-refractivity contribution is -0.129. The highest BCUT2D eigenvalue weighted by Gasteiger charge is 2.25. The number of benzene rings is 1. The quantitative estimate of drug-likeness (QED) is 0.106. The maximum atomic E-state index is 12.7. The number of rotatable bonds is 18. The second kappa shape index (κ2) is 17.6. The number of hydrogen-bond acceptors (Lipinski definition) is 5. The smallest absolute Gasteiger partial charge is 0.243 e. The zero-order valence-corrected chi connectivity index (χ0v) is 20.6. The van der Waals surface area contributed by atoms with Crippen LogP contribution in [0.15, 0.2) is 30.4 Å². The summed E-state index contributed by atoms with van der Waals surface area (Å²) < 4.78 is 0. The van der Waals surface area contributed by atoms with E-state index in [1.54, 1.807) is 0 Å². The van der Waals surface area contributed by atoms with Gasteiger partial charge in [-0.1, -0.05) is 70.4 Å². The van der Waals surface area contributed by atoms with Crippen LogP contribution < -0.4 is 10.6 Å². The Morgan fingerprint density at radius 1 is 0.794 bits per heavy atom. The normalized spacial score (nSPS) is 11.1. The molecule has 0 saturated heterocycles. The molecule has 3 amide bonds. The van der Waals surface area contributed by atoms with Crippen molar-refractivity contribution >= 4 is 23.4 Å². The van der Waals surface area contributed by atoms with Crippen LogP contribution in [0.4, 0.5) is 5.69 Å². The molecule has 7 heteroatoms. The Morgan fingerprint density at radius 2 is 1.35 bits per heavy atom. The second-order valence-corrected chi connectivity index (χ2v) is 8.77. The van der Waals surface area contributed by atoms with Gasteiger partial charge in [-0.3, -0.25) is 14.4 Å². The van der Waals surface area contributed by atoms with Crippen molar-refractivity contribution in [3.05, 3.63) is 30.4 Å². The van der Waals surface area contributed by atoms with E-state index in [1.807, 2.05) is 0 Å². The molecular weight excluding hydrogens is 432 g/mol. The SMILES string of the molecule is CCCCCCCCC=CCCCCCCCC(=O)N(C(=O)CC(N)=O)c1ccc(O)c(O)c1. The van der Waals surface area contributed by atoms with Crippen LogP contribution in [0.3, 0.4) is 0 Å². The number of nitrogens with two attached hydrogens (primary N) is 1. The first kappa shape index (κ1) is 29.2. The van der Waals surface area contributed by atoms with E-state index >= 15 is 0 Å². The summed E-state index contributed by atoms with van der Waals surface area (Å²) in [6.07, 6.45) is 19.0. The van der Waals surface area contributed by atoms with E-state index in [9.17, 15) is 24.6 Å². The Labute approximate surface area is 204 Å². The van der Waals surface area contributed by atoms with E-state index in [1.165, 1.54) is 50.7 Å². The number of primary amides is 1. The second-order valence-electron chi connectivity index (χ2n) is 8.77. The molecule has 1 aromatic carbocycles. The highest BCUT2D eigenvalue weighted by atomic mass is 16.3. The van der Waals surface area contributed by atoms with Gasteiger partial charge in [0.05, 0.1) is 5.69 Å². The summed E-state index contributed by atoms with van der Waals surface area (Å²) in [7, 11) is 0. The molecule has 1 rings (SSSR count). The number of hydrogen-bond donors (Lipinski definition) is 3. The van der Waals surface area contributed by atoms with Crippen molar-refractivity contribution in [2.24, 2.45) is 5.73 Å². The number of allylic oxidation sites excluding steroid dienone is 2. The topological polar surface area (TPSA) is 121 Å². The maximum absolute atomic E-state index is 12.7. The first-order valence-corrected chi connectivity index (χ1v) is 12.7. The summed E-state index contributed by atoms with van der Waals surface area (Å²) in [5, 5.41) is 19.2. The Kier molecular flexibility index (Phi) is 15.1. The molecule has 0 saturated carbocycles. The fourth-order valence-electron chi connectivity index (χ4n) is 3.76. The summed E-state index contributed by atoms with van der Waals surface area (Å²) in [6, 6.07) is 3.64. The molecule has 7 nitrogen and oxygen atoms in total. The molecule has 1 aromatic rings. The lowest BCUT2D eigenvalue weighted by atomic mass is 10.1. The third kappa shape index (κ3) is 12.4. The van der Waals surface area contributed by atoms with Gasteiger partial charge in [-0.2, -0.15) is 0 Å². The number of nitrogens with zero attached hydrogens (tertiary/aromatic N) is 1. The largest absolute Gasteiger partial charge is 0.504 e. The molecule has 0 fully saturated rings. The number of aromatic hydroxyl groups is 2. The van der Waals surface area contributed by atoms with Crippen LogP contribution in [0.1, 0.15) is 103 Å². The summed E-state index contributed by atoms with van der Waals surface area (Å²) >= 11 is 0. The van der Waals surface area contributed by atoms with Gasteiger partial charge >= 0.3 is 0 Å². The molecule has 0 spiro atoms. The number of imide groups is 1. The van der Waals surface area contributed by atoms with E-state index in [0.29, 0.717) is 6.42 Å². The van der Waals surface area contributed by atoms with Gasteiger partial charge in [0.2, 0.25) is 17.7 Å². The number of carbonyl (C=O) groups is 3. The Morgan fingerprint density at radius 3 is 1.91 bits per heavy atom. The molecule has 190 valence electrons. The third-order valence-electron chi connectivity index (χ3n) is 5.69. The van der Waals surface area contributed by atoms with Crippen LogP contribution in [0, 0.1) is 0 Å². The molecule has 0 aliphatic rings. The van der Waals surface area contributed by atoms with Crippen molar-refractivity contribution in [3.63, 3.8) is 0 Å². The van der Waals surface area contributed by atoms with Crippen molar-refractivity contribution in [1.29, 1.82) is 0 Å². The van der Waals surface area contributed by atoms with Gasteiger partial charge in [0.15, 0.2) is 11.5 Å². The van der Waals surface area contributed by atoms with Gasteiger partial charge in [-0.25, -0.2) is 4.90 Å². The highest BCUT2D eigenvalue weighted by Crippen LogP contribution is 2.30. The fourth-order valence-corrected chi connectivity index (χ4v) is 3.76. The molecule has 0 heterocycles. The fraction of sp³-hybridized carbons (Fsp3) is 0.593. The van der Waals surface area contributed by atoms with Crippen LogP contribution in [-0.4, -0.2) is 27.9 Å². The van der Waals surface area contributed by atoms with Crippen LogP contribution in [-0.2, 0) is 14.4 Å². The first-order valence-electron chi connectivity index (χ1n) is 12.7. The molecule has 0 bridgehead atoms. The third-order valence-corrected chi connectivity index (χ3v) is 5.69. The summed E-state index contributed by atoms with van der Waals surface area (Å²) in [6.45, 7) is 2.24. The summed E-state index contributed by atoms with van der Waals surface area (Å²) in [5.74, 6) is -2.88. The summed E-state index contributed by atoms with van der Waals surface area (Å²) in [4.78, 5) is 37.1. The van der Waals surface area contributed by atoms with E-state index in [2.05, 4.69) is 19.1 Å². The van der Waals surface area contributed by atoms with Crippen LogP contribution in [0.25, 0.3) is 0 Å². The van der Waals surface area contributed by atoms with Crippen molar-refractivity contribution in [3.8, 4) is 11.5 Å². The Balaban J connectivity index is 2.29. The number of anilines is 1. The Hall–Kier alpha value is -2.83. The minimum atomic E-state index is -0.841. The standard InChI is InChI=1S/C27H42N2O5/c1-2-3-4-5-6-7-8-9-10-11-12-13-14-15-16-17-26(33)29(27(34)21-25(28)32)22-18-19-23(30)24(31)20-22/h9-10,18-20,30-31H,2-8,11-17,21H2,1H3,(H2,28,32). The number of phenolic OH excluding ortho intramolecular Hbond substituents is 2. The van der Waals surface area contributed by atoms with E-state index in [-0.39, 0.29) is 17.9 Å². The van der Waals surface area contributed by atoms with E-state index < -0.39 is 29.9 Å². The summed E-state index contributed by atoms with van der Waals surface area (Å²) in [5.41, 5.74) is 5.20. The molecule has 34 heavy (non-hydrogen) atoms. The van der Waals surface area contributed by atoms with Gasteiger partial charge in [-0.15, -0.1) is 0 Å². The monoisotopic (exact) mass is 474 g/mol. The van der Waals surface area contributed by atoms with Crippen LogP contribution in [0.5, 0.6) is 11.5 Å². The average molecular weight is 475 g/mol. The molecule has 4 N–H and O–H groups in total. The van der Waals surface area contributed by atoms with Gasteiger partial charge in [0.25, 0.3) is 0 Å². The number of carbonyl (C=O) groups excluding carboxylic acids is 3. The number of unbranched alkanes of at least 4 members (excludes halogenated alkanes) is 11. The first-order chi connectivity index (χ1) is 16.4. The van der Waals surface area contributed by atoms with Crippen molar-refractivity contribution in [2.45, 2.75) is 103 Å². The van der Waals surface area contributed by atoms with Crippen molar-refractivity contribution in [1.82, 2.24) is 0 Å². The minimum Gasteiger partial charge on any atom is -0.504 e. The molecule has 0 aliphatic heterocycles. The zero-order valence-electron chi connectivity index (χ0n) is 20.6. The van der Waals surface area contributed by atoms with Gasteiger partial charge in [0.1, 0.15) is 6.42 Å². The van der Waals surface area contributed by atoms with Crippen molar-refractivity contribution in [2.75, 3.05) is 4.90 Å². The zero-order chi connectivity index (χ0) is 25.2. The van der Waals surface area contributed by atoms with Gasteiger partial charge in [-0.05, 0) is 44.2 Å². The average Bonchev–Trinajstić information content (AvgIpc) is 2.78. The lowest BCUT2D eigenvalue weighted by Gasteiger charge is -2.21. The predicted octanol–water partition coefficient (Wildman–Crippen LogP) is 5.87.